The van der Waals surface area contributed by atoms with E-state index in [-0.39, 0.29) is 0 Å². The van der Waals surface area contributed by atoms with Gasteiger partial charge in [-0.2, -0.15) is 0 Å². The van der Waals surface area contributed by atoms with Gasteiger partial charge < -0.3 is 0 Å². The lowest BCUT2D eigenvalue weighted by Gasteiger charge is -2.37. The van der Waals surface area contributed by atoms with Crippen molar-refractivity contribution in [3.8, 4) is 0 Å². The molecule has 1 saturated heterocycles. The summed E-state index contributed by atoms with van der Waals surface area (Å²) in [5, 5.41) is 1.57. The molecule has 1 aromatic carbocycles. The first kappa shape index (κ1) is 14.8. The van der Waals surface area contributed by atoms with Crippen molar-refractivity contribution in [3.05, 3.63) is 29.8 Å². The number of piperidine rings is 1. The molecule has 0 spiro atoms. The topological polar surface area (TPSA) is 3.24 Å². The standard InChI is InChI=1S/C17H29NSi/c1-17(2)10-12-18(13-11-17)14-15-6-8-16(9-7-15)19(3,4)5/h6-9H,10-14H2,1-5H3. The van der Waals surface area contributed by atoms with E-state index < -0.39 is 8.07 Å². The highest BCUT2D eigenvalue weighted by atomic mass is 28.3. The van der Waals surface area contributed by atoms with Crippen LogP contribution in [0.15, 0.2) is 24.3 Å². The molecule has 2 heteroatoms. The maximum absolute atomic E-state index is 2.61. The number of nitrogens with zero attached hydrogens (tertiary/aromatic N) is 1. The van der Waals surface area contributed by atoms with Gasteiger partial charge in [0.15, 0.2) is 0 Å². The Morgan fingerprint density at radius 1 is 1.00 bits per heavy atom. The molecule has 0 atom stereocenters. The fourth-order valence-corrected chi connectivity index (χ4v) is 3.85. The number of hydrogen-bond acceptors (Lipinski definition) is 1. The van der Waals surface area contributed by atoms with Gasteiger partial charge in [0.1, 0.15) is 0 Å². The first-order chi connectivity index (χ1) is 8.76. The zero-order valence-corrected chi connectivity index (χ0v) is 14.3. The Morgan fingerprint density at radius 2 is 1.53 bits per heavy atom. The van der Waals surface area contributed by atoms with E-state index in [1.54, 1.807) is 5.19 Å². The molecule has 0 amide bonds. The van der Waals surface area contributed by atoms with Gasteiger partial charge in [-0.1, -0.05) is 62.9 Å². The third kappa shape index (κ3) is 4.18. The minimum absolute atomic E-state index is 0.554. The molecule has 1 nitrogen and oxygen atoms in total. The van der Waals surface area contributed by atoms with Crippen molar-refractivity contribution in [3.63, 3.8) is 0 Å². The van der Waals surface area contributed by atoms with Crippen LogP contribution < -0.4 is 5.19 Å². The number of hydrogen-bond donors (Lipinski definition) is 0. The molecule has 1 aliphatic heterocycles. The molecule has 0 unspecified atom stereocenters. The van der Waals surface area contributed by atoms with Crippen molar-refractivity contribution in [1.82, 2.24) is 4.90 Å². The highest BCUT2D eigenvalue weighted by molar-refractivity contribution is 6.88. The van der Waals surface area contributed by atoms with E-state index in [1.165, 1.54) is 31.5 Å². The molecule has 0 N–H and O–H groups in total. The lowest BCUT2D eigenvalue weighted by molar-refractivity contribution is 0.127. The molecule has 2 rings (SSSR count). The predicted octanol–water partition coefficient (Wildman–Crippen LogP) is 3.85. The van der Waals surface area contributed by atoms with Crippen molar-refractivity contribution in [1.29, 1.82) is 0 Å². The molecule has 0 radical (unpaired) electrons. The van der Waals surface area contributed by atoms with Crippen LogP contribution in [0.25, 0.3) is 0 Å². The fourth-order valence-electron chi connectivity index (χ4n) is 2.68. The van der Waals surface area contributed by atoms with E-state index in [1.807, 2.05) is 0 Å². The van der Waals surface area contributed by atoms with Crippen LogP contribution in [-0.2, 0) is 6.54 Å². The van der Waals surface area contributed by atoms with Gasteiger partial charge in [-0.3, -0.25) is 4.90 Å². The van der Waals surface area contributed by atoms with E-state index in [4.69, 9.17) is 0 Å². The third-order valence-electron chi connectivity index (χ3n) is 4.44. The summed E-state index contributed by atoms with van der Waals surface area (Å²) >= 11 is 0. The lowest BCUT2D eigenvalue weighted by Crippen LogP contribution is -2.38. The summed E-state index contributed by atoms with van der Waals surface area (Å²) in [4.78, 5) is 2.61. The maximum atomic E-state index is 2.61. The van der Waals surface area contributed by atoms with Crippen molar-refractivity contribution in [2.24, 2.45) is 5.41 Å². The third-order valence-corrected chi connectivity index (χ3v) is 6.50. The molecular weight excluding hydrogens is 246 g/mol. The zero-order chi connectivity index (χ0) is 14.1. The van der Waals surface area contributed by atoms with Crippen LogP contribution in [0.4, 0.5) is 0 Å². The van der Waals surface area contributed by atoms with E-state index in [0.29, 0.717) is 5.41 Å². The van der Waals surface area contributed by atoms with Gasteiger partial charge in [0, 0.05) is 6.54 Å². The second-order valence-electron chi connectivity index (χ2n) is 7.89. The van der Waals surface area contributed by atoms with Crippen LogP contribution in [0.2, 0.25) is 19.6 Å². The number of rotatable bonds is 3. The van der Waals surface area contributed by atoms with Crippen molar-refractivity contribution in [2.45, 2.75) is 52.9 Å². The van der Waals surface area contributed by atoms with Gasteiger partial charge in [0.05, 0.1) is 8.07 Å². The molecule has 0 saturated carbocycles. The van der Waals surface area contributed by atoms with Crippen LogP contribution >= 0.6 is 0 Å². The Hall–Kier alpha value is -0.603. The molecule has 0 bridgehead atoms. The Kier molecular flexibility index (Phi) is 4.22. The predicted molar refractivity (Wildman–Crippen MR) is 87.7 cm³/mol. The van der Waals surface area contributed by atoms with Crippen LogP contribution in [0.5, 0.6) is 0 Å². The Labute approximate surface area is 120 Å². The van der Waals surface area contributed by atoms with Gasteiger partial charge in [-0.25, -0.2) is 0 Å². The van der Waals surface area contributed by atoms with Crippen LogP contribution in [0, 0.1) is 5.41 Å². The van der Waals surface area contributed by atoms with E-state index in [2.05, 4.69) is 62.7 Å². The molecule has 0 aromatic heterocycles. The summed E-state index contributed by atoms with van der Waals surface area (Å²) in [6.45, 7) is 15.7. The van der Waals surface area contributed by atoms with Gasteiger partial charge in [-0.05, 0) is 36.9 Å². The summed E-state index contributed by atoms with van der Waals surface area (Å²) < 4.78 is 0. The summed E-state index contributed by atoms with van der Waals surface area (Å²) in [6.07, 6.45) is 2.67. The van der Waals surface area contributed by atoms with Gasteiger partial charge in [-0.15, -0.1) is 0 Å². The molecule has 0 aliphatic carbocycles. The molecule has 1 aromatic rings. The summed E-state index contributed by atoms with van der Waals surface area (Å²) in [6, 6.07) is 9.39. The van der Waals surface area contributed by atoms with E-state index in [9.17, 15) is 0 Å². The van der Waals surface area contributed by atoms with Gasteiger partial charge in [0.2, 0.25) is 0 Å². The maximum Gasteiger partial charge on any atom is 0.0775 e. The van der Waals surface area contributed by atoms with E-state index in [0.717, 1.165) is 6.54 Å². The summed E-state index contributed by atoms with van der Waals surface area (Å²) in [5.41, 5.74) is 2.03. The van der Waals surface area contributed by atoms with Crippen molar-refractivity contribution < 1.29 is 0 Å². The largest absolute Gasteiger partial charge is 0.299 e. The second kappa shape index (κ2) is 5.41. The quantitative estimate of drug-likeness (QED) is 0.757. The van der Waals surface area contributed by atoms with Crippen molar-refractivity contribution in [2.75, 3.05) is 13.1 Å². The smallest absolute Gasteiger partial charge is 0.0775 e. The first-order valence-corrected chi connectivity index (χ1v) is 11.1. The average molecular weight is 276 g/mol. The zero-order valence-electron chi connectivity index (χ0n) is 13.3. The Morgan fingerprint density at radius 3 is 2.00 bits per heavy atom. The summed E-state index contributed by atoms with van der Waals surface area (Å²) in [7, 11) is -1.14. The molecule has 1 aliphatic rings. The lowest BCUT2D eigenvalue weighted by atomic mass is 9.82. The molecule has 106 valence electrons. The molecule has 1 fully saturated rings. The SMILES string of the molecule is CC1(C)CCN(Cc2ccc([Si](C)(C)C)cc2)CC1. The van der Waals surface area contributed by atoms with Crippen molar-refractivity contribution >= 4 is 13.3 Å². The Bertz CT molecular complexity index is 404. The van der Waals surface area contributed by atoms with Crippen LogP contribution in [-0.4, -0.2) is 26.1 Å². The molecule has 1 heterocycles. The monoisotopic (exact) mass is 275 g/mol. The normalized spacial score (nSPS) is 20.5. The highest BCUT2D eigenvalue weighted by Gasteiger charge is 2.25. The number of benzene rings is 1. The molecule has 19 heavy (non-hydrogen) atoms. The first-order valence-electron chi connectivity index (χ1n) is 7.58. The molecular formula is C17H29NSi. The second-order valence-corrected chi connectivity index (χ2v) is 13.0. The summed E-state index contributed by atoms with van der Waals surface area (Å²) in [5.74, 6) is 0. The van der Waals surface area contributed by atoms with Crippen LogP contribution in [0.3, 0.4) is 0 Å². The Balaban J connectivity index is 1.94. The highest BCUT2D eigenvalue weighted by Crippen LogP contribution is 2.30. The van der Waals surface area contributed by atoms with Gasteiger partial charge >= 0.3 is 0 Å². The van der Waals surface area contributed by atoms with Gasteiger partial charge in [0.25, 0.3) is 0 Å². The van der Waals surface area contributed by atoms with E-state index >= 15 is 0 Å². The minimum atomic E-state index is -1.14. The fraction of sp³-hybridized carbons (Fsp3) is 0.647. The minimum Gasteiger partial charge on any atom is -0.299 e. The van der Waals surface area contributed by atoms with Crippen LogP contribution in [0.1, 0.15) is 32.3 Å². The average Bonchev–Trinajstić information content (AvgIpc) is 2.31. The number of likely N-dealkylation sites (tertiary alicyclic amines) is 1.